The molecule has 0 unspecified atom stereocenters. The van der Waals surface area contributed by atoms with Gasteiger partial charge in [-0.1, -0.05) is 248 Å². The predicted octanol–water partition coefficient (Wildman–Crippen LogP) is 19.2. The highest BCUT2D eigenvalue weighted by molar-refractivity contribution is 5.71. The Morgan fingerprint density at radius 2 is 0.582 bits per heavy atom. The van der Waals surface area contributed by atoms with Crippen LogP contribution in [0.5, 0.6) is 0 Å². The fourth-order valence-electron chi connectivity index (χ4n) is 8.19. The molecule has 0 saturated carbocycles. The number of ether oxygens (including phenoxy) is 3. The zero-order valence-electron chi connectivity index (χ0n) is 44.4. The molecule has 0 heterocycles. The fraction of sp³-hybridized carbons (Fsp3) is 0.787. The van der Waals surface area contributed by atoms with Crippen LogP contribution >= 0.6 is 0 Å². The first-order chi connectivity index (χ1) is 33.0. The normalized spacial score (nSPS) is 12.5. The first-order valence-corrected chi connectivity index (χ1v) is 28.8. The van der Waals surface area contributed by atoms with Gasteiger partial charge in [-0.05, 0) is 83.5 Å². The van der Waals surface area contributed by atoms with Crippen molar-refractivity contribution in [3.63, 3.8) is 0 Å². The van der Waals surface area contributed by atoms with Gasteiger partial charge in [0.1, 0.15) is 13.2 Å². The van der Waals surface area contributed by atoms with Crippen molar-refractivity contribution in [3.05, 3.63) is 60.8 Å². The van der Waals surface area contributed by atoms with Gasteiger partial charge in [0.25, 0.3) is 0 Å². The minimum absolute atomic E-state index is 0.0841. The Morgan fingerprint density at radius 1 is 0.313 bits per heavy atom. The maximum absolute atomic E-state index is 12.9. The van der Waals surface area contributed by atoms with Gasteiger partial charge in [0.15, 0.2) is 6.10 Å². The topological polar surface area (TPSA) is 78.9 Å². The third-order valence-corrected chi connectivity index (χ3v) is 12.5. The summed E-state index contributed by atoms with van der Waals surface area (Å²) in [5.41, 5.74) is 0. The molecule has 1 atom stereocenters. The maximum Gasteiger partial charge on any atom is 0.306 e. The summed E-state index contributed by atoms with van der Waals surface area (Å²) in [6.07, 6.45) is 69.2. The van der Waals surface area contributed by atoms with Crippen LogP contribution in [0.1, 0.15) is 290 Å². The molecule has 0 aromatic carbocycles. The highest BCUT2D eigenvalue weighted by atomic mass is 16.6. The SMILES string of the molecule is CC/C=C\C/C=C\C/C=C\C/C=C\CCCCCCC(=O)OC[C@H](COC(=O)CCCCCCC/C=C\CCCCCCCC)OC(=O)CCCCCCCCCCCCCCCCCCC. The Hall–Kier alpha value is -2.89. The number of hydrogen-bond acceptors (Lipinski definition) is 6. The first-order valence-electron chi connectivity index (χ1n) is 28.8. The quantitative estimate of drug-likeness (QED) is 0.0262. The van der Waals surface area contributed by atoms with E-state index in [0.717, 1.165) is 103 Å². The Bertz CT molecular complexity index is 1210. The smallest absolute Gasteiger partial charge is 0.306 e. The molecule has 0 aromatic heterocycles. The largest absolute Gasteiger partial charge is 0.462 e. The van der Waals surface area contributed by atoms with Crippen LogP contribution in [0.15, 0.2) is 60.8 Å². The minimum Gasteiger partial charge on any atom is -0.462 e. The van der Waals surface area contributed by atoms with Gasteiger partial charge < -0.3 is 14.2 Å². The van der Waals surface area contributed by atoms with Gasteiger partial charge in [0.05, 0.1) is 0 Å². The van der Waals surface area contributed by atoms with E-state index in [1.165, 1.54) is 148 Å². The molecule has 0 aliphatic carbocycles. The van der Waals surface area contributed by atoms with Gasteiger partial charge in [-0.2, -0.15) is 0 Å². The van der Waals surface area contributed by atoms with Crippen LogP contribution in [0.3, 0.4) is 0 Å². The molecular weight excluding hydrogens is 829 g/mol. The van der Waals surface area contributed by atoms with Crippen LogP contribution in [0, 0.1) is 0 Å². The monoisotopic (exact) mass is 937 g/mol. The van der Waals surface area contributed by atoms with E-state index in [-0.39, 0.29) is 31.1 Å². The van der Waals surface area contributed by atoms with Crippen molar-refractivity contribution in [2.24, 2.45) is 0 Å². The molecule has 388 valence electrons. The number of rotatable bonds is 52. The average molecular weight is 938 g/mol. The lowest BCUT2D eigenvalue weighted by atomic mass is 10.0. The van der Waals surface area contributed by atoms with Crippen LogP contribution in [0.2, 0.25) is 0 Å². The highest BCUT2D eigenvalue weighted by Gasteiger charge is 2.19. The summed E-state index contributed by atoms with van der Waals surface area (Å²) < 4.78 is 16.9. The first kappa shape index (κ1) is 64.1. The van der Waals surface area contributed by atoms with E-state index in [9.17, 15) is 14.4 Å². The second kappa shape index (κ2) is 55.7. The molecule has 0 fully saturated rings. The number of carbonyl (C=O) groups is 3. The van der Waals surface area contributed by atoms with Crippen LogP contribution in [-0.4, -0.2) is 37.2 Å². The highest BCUT2D eigenvalue weighted by Crippen LogP contribution is 2.16. The zero-order valence-corrected chi connectivity index (χ0v) is 44.4. The zero-order chi connectivity index (χ0) is 48.6. The summed E-state index contributed by atoms with van der Waals surface area (Å²) in [4.78, 5) is 38.1. The van der Waals surface area contributed by atoms with E-state index in [1.807, 2.05) is 0 Å². The lowest BCUT2D eigenvalue weighted by Gasteiger charge is -2.18. The van der Waals surface area contributed by atoms with Crippen LogP contribution in [0.25, 0.3) is 0 Å². The van der Waals surface area contributed by atoms with E-state index < -0.39 is 6.10 Å². The molecule has 0 N–H and O–H groups in total. The number of carbonyl (C=O) groups excluding carboxylic acids is 3. The van der Waals surface area contributed by atoms with Gasteiger partial charge in [-0.3, -0.25) is 14.4 Å². The number of unbranched alkanes of at least 4 members (excludes halogenated alkanes) is 31. The van der Waals surface area contributed by atoms with E-state index in [1.54, 1.807) is 0 Å². The second-order valence-corrected chi connectivity index (χ2v) is 19.2. The molecule has 6 nitrogen and oxygen atoms in total. The Labute approximate surface area is 415 Å². The summed E-state index contributed by atoms with van der Waals surface area (Å²) in [7, 11) is 0. The van der Waals surface area contributed by atoms with E-state index >= 15 is 0 Å². The van der Waals surface area contributed by atoms with Gasteiger partial charge in [0.2, 0.25) is 0 Å². The van der Waals surface area contributed by atoms with Gasteiger partial charge in [-0.25, -0.2) is 0 Å². The van der Waals surface area contributed by atoms with Gasteiger partial charge in [-0.15, -0.1) is 0 Å². The van der Waals surface area contributed by atoms with E-state index in [4.69, 9.17) is 14.2 Å². The van der Waals surface area contributed by atoms with E-state index in [2.05, 4.69) is 81.5 Å². The summed E-state index contributed by atoms with van der Waals surface area (Å²) in [5.74, 6) is -0.903. The summed E-state index contributed by atoms with van der Waals surface area (Å²) in [6, 6.07) is 0. The molecule has 0 amide bonds. The number of esters is 3. The van der Waals surface area contributed by atoms with Crippen molar-refractivity contribution in [2.45, 2.75) is 297 Å². The predicted molar refractivity (Wildman–Crippen MR) is 288 cm³/mol. The molecule has 0 spiro atoms. The van der Waals surface area contributed by atoms with Crippen molar-refractivity contribution in [2.75, 3.05) is 13.2 Å². The van der Waals surface area contributed by atoms with Crippen molar-refractivity contribution < 1.29 is 28.6 Å². The maximum atomic E-state index is 12.9. The second-order valence-electron chi connectivity index (χ2n) is 19.2. The third-order valence-electron chi connectivity index (χ3n) is 12.5. The fourth-order valence-corrected chi connectivity index (χ4v) is 8.19. The molecule has 0 aromatic rings. The molecule has 0 rings (SSSR count). The Kier molecular flexibility index (Phi) is 53.3. The van der Waals surface area contributed by atoms with Gasteiger partial charge >= 0.3 is 17.9 Å². The summed E-state index contributed by atoms with van der Waals surface area (Å²) in [6.45, 7) is 6.52. The molecule has 0 aliphatic rings. The third kappa shape index (κ3) is 53.9. The van der Waals surface area contributed by atoms with E-state index in [0.29, 0.717) is 19.3 Å². The Morgan fingerprint density at radius 3 is 0.925 bits per heavy atom. The minimum atomic E-state index is -0.786. The average Bonchev–Trinajstić information content (AvgIpc) is 3.33. The summed E-state index contributed by atoms with van der Waals surface area (Å²) in [5, 5.41) is 0. The molecule has 0 bridgehead atoms. The number of hydrogen-bond donors (Lipinski definition) is 0. The number of allylic oxidation sites excluding steroid dienone is 10. The molecule has 6 heteroatoms. The standard InChI is InChI=1S/C61H108O6/c1-4-7-10-13-16-19-22-25-28-30-33-36-39-42-45-48-51-54-60(63)66-57-58(56-65-59(62)53-50-47-44-41-38-35-32-27-24-21-18-15-12-9-6-3)67-61(64)55-52-49-46-43-40-37-34-31-29-26-23-20-17-14-11-8-5-2/h7,10,16,19,25,27-28,32-33,36,58H,4-6,8-9,11-15,17-18,20-24,26,29-31,34-35,37-57H2,1-3H3/b10-7-,19-16-,28-25-,32-27-,36-33-/t58-/m0/s1. The Balaban J connectivity index is 4.41. The molecule has 0 saturated heterocycles. The van der Waals surface area contributed by atoms with Crippen molar-refractivity contribution >= 4 is 17.9 Å². The lowest BCUT2D eigenvalue weighted by Crippen LogP contribution is -2.30. The molecule has 0 radical (unpaired) electrons. The van der Waals surface area contributed by atoms with Crippen molar-refractivity contribution in [1.29, 1.82) is 0 Å². The summed E-state index contributed by atoms with van der Waals surface area (Å²) >= 11 is 0. The van der Waals surface area contributed by atoms with Crippen molar-refractivity contribution in [3.8, 4) is 0 Å². The lowest BCUT2D eigenvalue weighted by molar-refractivity contribution is -0.167. The van der Waals surface area contributed by atoms with Gasteiger partial charge in [0, 0.05) is 19.3 Å². The van der Waals surface area contributed by atoms with Crippen LogP contribution < -0.4 is 0 Å². The molecule has 67 heavy (non-hydrogen) atoms. The van der Waals surface area contributed by atoms with Crippen LogP contribution in [0.4, 0.5) is 0 Å². The van der Waals surface area contributed by atoms with Crippen LogP contribution in [-0.2, 0) is 28.6 Å². The molecular formula is C61H108O6. The molecule has 0 aliphatic heterocycles. The van der Waals surface area contributed by atoms with Crippen molar-refractivity contribution in [1.82, 2.24) is 0 Å².